The molecule has 0 saturated carbocycles. The van der Waals surface area contributed by atoms with Crippen LogP contribution < -0.4 is 4.90 Å². The molecular weight excluding hydrogens is 472 g/mol. The number of amidine groups is 1. The van der Waals surface area contributed by atoms with Crippen LogP contribution in [-0.4, -0.2) is 22.1 Å². The standard InChI is InChI=1S/C25H21BrN2O2S/c1-16-3-11-20(12-4-16)27-25-28(21-13-5-17(2)6-14-21)24(30)23(31-25)15-22(29)18-7-9-19(26)10-8-18/h3-14,23H,15H2,1-2H3. The quantitative estimate of drug-likeness (QED) is 0.383. The molecule has 0 aliphatic carbocycles. The first-order valence-corrected chi connectivity index (χ1v) is 11.6. The van der Waals surface area contributed by atoms with Gasteiger partial charge in [0.1, 0.15) is 0 Å². The largest absolute Gasteiger partial charge is 0.294 e. The zero-order chi connectivity index (χ0) is 22.0. The van der Waals surface area contributed by atoms with Gasteiger partial charge in [0, 0.05) is 16.5 Å². The molecule has 4 nitrogen and oxygen atoms in total. The first-order chi connectivity index (χ1) is 14.9. The molecular formula is C25H21BrN2O2S. The van der Waals surface area contributed by atoms with Crippen LogP contribution in [0, 0.1) is 13.8 Å². The van der Waals surface area contributed by atoms with Crippen molar-refractivity contribution < 1.29 is 9.59 Å². The smallest absolute Gasteiger partial charge is 0.247 e. The number of thioether (sulfide) groups is 1. The molecule has 1 fully saturated rings. The first-order valence-electron chi connectivity index (χ1n) is 9.92. The van der Waals surface area contributed by atoms with E-state index in [1.165, 1.54) is 11.8 Å². The van der Waals surface area contributed by atoms with Crippen molar-refractivity contribution in [3.05, 3.63) is 94.0 Å². The summed E-state index contributed by atoms with van der Waals surface area (Å²) in [7, 11) is 0. The van der Waals surface area contributed by atoms with Gasteiger partial charge in [0.25, 0.3) is 0 Å². The van der Waals surface area contributed by atoms with Crippen molar-refractivity contribution in [1.82, 2.24) is 0 Å². The minimum Gasteiger partial charge on any atom is -0.294 e. The number of aryl methyl sites for hydroxylation is 2. The highest BCUT2D eigenvalue weighted by atomic mass is 79.9. The summed E-state index contributed by atoms with van der Waals surface area (Å²) >= 11 is 4.73. The number of halogens is 1. The van der Waals surface area contributed by atoms with Gasteiger partial charge in [0.15, 0.2) is 11.0 Å². The fraction of sp³-hybridized carbons (Fsp3) is 0.160. The minimum absolute atomic E-state index is 0.0567. The minimum atomic E-state index is -0.512. The molecule has 3 aromatic rings. The molecule has 31 heavy (non-hydrogen) atoms. The van der Waals surface area contributed by atoms with Gasteiger partial charge in [-0.2, -0.15) is 0 Å². The third kappa shape index (κ3) is 4.97. The molecule has 0 N–H and O–H groups in total. The number of benzene rings is 3. The Kier molecular flexibility index (Phi) is 6.39. The van der Waals surface area contributed by atoms with Crippen LogP contribution in [-0.2, 0) is 4.79 Å². The van der Waals surface area contributed by atoms with E-state index < -0.39 is 5.25 Å². The maximum atomic E-state index is 13.3. The molecule has 1 heterocycles. The lowest BCUT2D eigenvalue weighted by molar-refractivity contribution is -0.116. The Morgan fingerprint density at radius 3 is 2.13 bits per heavy atom. The lowest BCUT2D eigenvalue weighted by Crippen LogP contribution is -2.32. The van der Waals surface area contributed by atoms with Crippen molar-refractivity contribution in [2.24, 2.45) is 4.99 Å². The van der Waals surface area contributed by atoms with Crippen molar-refractivity contribution in [3.8, 4) is 0 Å². The van der Waals surface area contributed by atoms with Gasteiger partial charge in [0.2, 0.25) is 5.91 Å². The van der Waals surface area contributed by atoms with Gasteiger partial charge in [-0.05, 0) is 50.2 Å². The van der Waals surface area contributed by atoms with Crippen LogP contribution >= 0.6 is 27.7 Å². The second kappa shape index (κ2) is 9.20. The van der Waals surface area contributed by atoms with Crippen molar-refractivity contribution in [2.75, 3.05) is 4.90 Å². The van der Waals surface area contributed by atoms with Crippen molar-refractivity contribution in [1.29, 1.82) is 0 Å². The maximum Gasteiger partial charge on any atom is 0.247 e. The number of carbonyl (C=O) groups excluding carboxylic acids is 2. The number of Topliss-reactive ketones (excluding diaryl/α,β-unsaturated/α-hetero) is 1. The molecule has 1 aliphatic heterocycles. The van der Waals surface area contributed by atoms with E-state index in [0.29, 0.717) is 10.7 Å². The van der Waals surface area contributed by atoms with E-state index in [4.69, 9.17) is 4.99 Å². The normalized spacial score (nSPS) is 17.4. The maximum absolute atomic E-state index is 13.3. The molecule has 4 rings (SSSR count). The zero-order valence-corrected chi connectivity index (χ0v) is 19.6. The number of carbonyl (C=O) groups is 2. The van der Waals surface area contributed by atoms with Gasteiger partial charge in [-0.3, -0.25) is 14.5 Å². The third-order valence-corrected chi connectivity index (χ3v) is 6.69. The highest BCUT2D eigenvalue weighted by Gasteiger charge is 2.40. The van der Waals surface area contributed by atoms with Gasteiger partial charge in [-0.15, -0.1) is 0 Å². The Balaban J connectivity index is 1.64. The molecule has 156 valence electrons. The van der Waals surface area contributed by atoms with Crippen LogP contribution in [0.4, 0.5) is 11.4 Å². The van der Waals surface area contributed by atoms with Crippen LogP contribution in [0.3, 0.4) is 0 Å². The Morgan fingerprint density at radius 1 is 0.935 bits per heavy atom. The molecule has 0 aromatic heterocycles. The van der Waals surface area contributed by atoms with E-state index in [1.807, 2.05) is 74.5 Å². The van der Waals surface area contributed by atoms with E-state index in [0.717, 1.165) is 27.0 Å². The van der Waals surface area contributed by atoms with Gasteiger partial charge in [0.05, 0.1) is 16.6 Å². The van der Waals surface area contributed by atoms with Crippen LogP contribution in [0.2, 0.25) is 0 Å². The van der Waals surface area contributed by atoms with E-state index in [9.17, 15) is 9.59 Å². The van der Waals surface area contributed by atoms with Gasteiger partial charge in [-0.25, -0.2) is 4.99 Å². The molecule has 0 bridgehead atoms. The monoisotopic (exact) mass is 492 g/mol. The molecule has 3 aromatic carbocycles. The third-order valence-electron chi connectivity index (χ3n) is 5.02. The van der Waals surface area contributed by atoms with E-state index >= 15 is 0 Å². The number of amides is 1. The van der Waals surface area contributed by atoms with E-state index in [1.54, 1.807) is 17.0 Å². The summed E-state index contributed by atoms with van der Waals surface area (Å²) in [4.78, 5) is 32.5. The number of rotatable bonds is 5. The number of aliphatic imine (C=N–C) groups is 1. The number of anilines is 1. The summed E-state index contributed by atoms with van der Waals surface area (Å²) in [6.45, 7) is 4.03. The summed E-state index contributed by atoms with van der Waals surface area (Å²) in [5, 5.41) is 0.0768. The van der Waals surface area contributed by atoms with Crippen molar-refractivity contribution >= 4 is 55.9 Å². The molecule has 1 unspecified atom stereocenters. The number of hydrogen-bond acceptors (Lipinski definition) is 4. The Labute approximate surface area is 194 Å². The zero-order valence-electron chi connectivity index (χ0n) is 17.2. The van der Waals surface area contributed by atoms with Gasteiger partial charge in [-0.1, -0.05) is 75.2 Å². The van der Waals surface area contributed by atoms with Gasteiger partial charge >= 0.3 is 0 Å². The SMILES string of the molecule is Cc1ccc(N=C2SC(CC(=O)c3ccc(Br)cc3)C(=O)N2c2ccc(C)cc2)cc1. The van der Waals surface area contributed by atoms with E-state index in [2.05, 4.69) is 15.9 Å². The molecule has 1 atom stereocenters. The molecule has 0 spiro atoms. The molecule has 0 radical (unpaired) electrons. The van der Waals surface area contributed by atoms with Crippen molar-refractivity contribution in [2.45, 2.75) is 25.5 Å². The second-order valence-electron chi connectivity index (χ2n) is 7.48. The summed E-state index contributed by atoms with van der Waals surface area (Å²) in [5.41, 5.74) is 4.39. The summed E-state index contributed by atoms with van der Waals surface area (Å²) in [5.74, 6) is -0.177. The van der Waals surface area contributed by atoms with Crippen LogP contribution in [0.25, 0.3) is 0 Å². The predicted octanol–water partition coefficient (Wildman–Crippen LogP) is 6.48. The van der Waals surface area contributed by atoms with Crippen LogP contribution in [0.5, 0.6) is 0 Å². The van der Waals surface area contributed by atoms with Crippen LogP contribution in [0.15, 0.2) is 82.3 Å². The fourth-order valence-electron chi connectivity index (χ4n) is 3.26. The molecule has 1 aliphatic rings. The summed E-state index contributed by atoms with van der Waals surface area (Å²) < 4.78 is 0.911. The molecule has 1 saturated heterocycles. The van der Waals surface area contributed by atoms with E-state index in [-0.39, 0.29) is 18.1 Å². The lowest BCUT2D eigenvalue weighted by Gasteiger charge is -2.17. The topological polar surface area (TPSA) is 49.7 Å². The Morgan fingerprint density at radius 2 is 1.52 bits per heavy atom. The number of hydrogen-bond donors (Lipinski definition) is 0. The highest BCUT2D eigenvalue weighted by Crippen LogP contribution is 2.36. The van der Waals surface area contributed by atoms with Gasteiger partial charge < -0.3 is 0 Å². The predicted molar refractivity (Wildman–Crippen MR) is 131 cm³/mol. The lowest BCUT2D eigenvalue weighted by atomic mass is 10.1. The van der Waals surface area contributed by atoms with Crippen LogP contribution in [0.1, 0.15) is 27.9 Å². The fourth-order valence-corrected chi connectivity index (χ4v) is 4.68. The Bertz CT molecular complexity index is 1140. The first kappa shape index (κ1) is 21.5. The van der Waals surface area contributed by atoms with Crippen molar-refractivity contribution in [3.63, 3.8) is 0 Å². The second-order valence-corrected chi connectivity index (χ2v) is 9.57. The average molecular weight is 493 g/mol. The molecule has 6 heteroatoms. The number of ketones is 1. The molecule has 1 amide bonds. The summed E-state index contributed by atoms with van der Waals surface area (Å²) in [6, 6.07) is 22.8. The summed E-state index contributed by atoms with van der Waals surface area (Å²) in [6.07, 6.45) is 0.125. The Hall–Kier alpha value is -2.70. The average Bonchev–Trinajstić information content (AvgIpc) is 3.05. The highest BCUT2D eigenvalue weighted by molar-refractivity contribution is 9.10. The number of nitrogens with zero attached hydrogens (tertiary/aromatic N) is 2.